The molecule has 2 aromatic rings. The van der Waals surface area contributed by atoms with Gasteiger partial charge in [0.1, 0.15) is 17.5 Å². The van der Waals surface area contributed by atoms with Crippen LogP contribution in [0, 0.1) is 0 Å². The van der Waals surface area contributed by atoms with Gasteiger partial charge in [0.15, 0.2) is 0 Å². The molecular weight excluding hydrogens is 190 g/mol. The highest BCUT2D eigenvalue weighted by atomic mass is 32.1. The Morgan fingerprint density at radius 2 is 2.38 bits per heavy atom. The Kier molecular flexibility index (Phi) is 2.03. The van der Waals surface area contributed by atoms with Gasteiger partial charge in [0.05, 0.1) is 6.20 Å². The van der Waals surface area contributed by atoms with Gasteiger partial charge in [-0.05, 0) is 11.5 Å². The number of nitrogens with zero attached hydrogens (tertiary/aromatic N) is 5. The fourth-order valence-electron chi connectivity index (χ4n) is 0.929. The van der Waals surface area contributed by atoms with Crippen molar-refractivity contribution in [2.75, 3.05) is 0 Å². The van der Waals surface area contributed by atoms with E-state index < -0.39 is 6.10 Å². The van der Waals surface area contributed by atoms with Crippen LogP contribution in [0.2, 0.25) is 0 Å². The molecule has 13 heavy (non-hydrogen) atoms. The molecule has 2 aromatic heterocycles. The van der Waals surface area contributed by atoms with Crippen molar-refractivity contribution in [3.05, 3.63) is 23.0 Å². The fourth-order valence-corrected chi connectivity index (χ4v) is 1.40. The van der Waals surface area contributed by atoms with E-state index in [4.69, 9.17) is 0 Å². The zero-order valence-electron chi connectivity index (χ0n) is 6.82. The third-order valence-electron chi connectivity index (χ3n) is 1.55. The molecule has 2 rings (SSSR count). The Morgan fingerprint density at radius 1 is 1.54 bits per heavy atom. The molecule has 0 amide bonds. The Hall–Kier alpha value is -1.34. The second kappa shape index (κ2) is 3.19. The Morgan fingerprint density at radius 3 is 2.92 bits per heavy atom. The van der Waals surface area contributed by atoms with Crippen LogP contribution in [0.3, 0.4) is 0 Å². The van der Waals surface area contributed by atoms with Gasteiger partial charge in [-0.3, -0.25) is 0 Å². The van der Waals surface area contributed by atoms with Gasteiger partial charge < -0.3 is 5.11 Å². The normalized spacial score (nSPS) is 13.1. The molecule has 2 heterocycles. The van der Waals surface area contributed by atoms with E-state index >= 15 is 0 Å². The van der Waals surface area contributed by atoms with Crippen LogP contribution < -0.4 is 0 Å². The van der Waals surface area contributed by atoms with Gasteiger partial charge in [0.2, 0.25) is 0 Å². The summed E-state index contributed by atoms with van der Waals surface area (Å²) in [4.78, 5) is 1.39. The third-order valence-corrected chi connectivity index (χ3v) is 2.08. The van der Waals surface area contributed by atoms with Gasteiger partial charge in [-0.25, -0.2) is 0 Å². The van der Waals surface area contributed by atoms with Crippen LogP contribution >= 0.6 is 11.5 Å². The number of aliphatic hydroxyl groups is 1. The van der Waals surface area contributed by atoms with Crippen LogP contribution in [0.4, 0.5) is 0 Å². The largest absolute Gasteiger partial charge is 0.380 e. The van der Waals surface area contributed by atoms with E-state index in [9.17, 15) is 5.11 Å². The van der Waals surface area contributed by atoms with Crippen molar-refractivity contribution in [1.82, 2.24) is 24.6 Å². The summed E-state index contributed by atoms with van der Waals surface area (Å²) in [5, 5.41) is 22.9. The number of rotatable bonds is 2. The molecule has 1 unspecified atom stereocenters. The summed E-state index contributed by atoms with van der Waals surface area (Å²) in [6.45, 7) is 0. The smallest absolute Gasteiger partial charge is 0.144 e. The summed E-state index contributed by atoms with van der Waals surface area (Å²) in [7, 11) is 1.69. The number of hydrogen-bond acceptors (Lipinski definition) is 6. The number of aliphatic hydroxyl groups excluding tert-OH is 1. The van der Waals surface area contributed by atoms with Crippen molar-refractivity contribution in [2.45, 2.75) is 6.10 Å². The lowest BCUT2D eigenvalue weighted by Crippen LogP contribution is -2.02. The zero-order valence-corrected chi connectivity index (χ0v) is 7.64. The molecule has 0 radical (unpaired) electrons. The molecule has 0 saturated heterocycles. The van der Waals surface area contributed by atoms with E-state index in [0.717, 1.165) is 0 Å². The average molecular weight is 197 g/mol. The van der Waals surface area contributed by atoms with Crippen molar-refractivity contribution in [3.8, 4) is 0 Å². The molecular formula is C6H7N5OS. The van der Waals surface area contributed by atoms with E-state index in [1.807, 2.05) is 0 Å². The van der Waals surface area contributed by atoms with Gasteiger partial charge in [-0.1, -0.05) is 4.49 Å². The average Bonchev–Trinajstić information content (AvgIpc) is 2.72. The van der Waals surface area contributed by atoms with E-state index in [2.05, 4.69) is 19.8 Å². The van der Waals surface area contributed by atoms with Gasteiger partial charge >= 0.3 is 0 Å². The molecule has 0 aliphatic carbocycles. The predicted molar refractivity (Wildman–Crippen MR) is 45.0 cm³/mol. The van der Waals surface area contributed by atoms with Crippen LogP contribution in [0.1, 0.15) is 17.5 Å². The van der Waals surface area contributed by atoms with Crippen molar-refractivity contribution in [3.63, 3.8) is 0 Å². The predicted octanol–water partition coefficient (Wildman–Crippen LogP) is -0.252. The minimum atomic E-state index is -0.826. The van der Waals surface area contributed by atoms with Crippen molar-refractivity contribution in [2.24, 2.45) is 7.05 Å². The number of aryl methyl sites for hydroxylation is 1. The molecule has 6 nitrogen and oxygen atoms in total. The summed E-state index contributed by atoms with van der Waals surface area (Å²) in [5.41, 5.74) is 0.987. The first-order chi connectivity index (χ1) is 6.27. The van der Waals surface area contributed by atoms with E-state index in [1.54, 1.807) is 12.4 Å². The molecule has 0 aliphatic heterocycles. The van der Waals surface area contributed by atoms with Crippen LogP contribution in [-0.2, 0) is 7.05 Å². The molecule has 0 aliphatic rings. The maximum atomic E-state index is 9.68. The lowest BCUT2D eigenvalue weighted by Gasteiger charge is -2.00. The maximum Gasteiger partial charge on any atom is 0.144 e. The Bertz CT molecular complexity index is 383. The van der Waals surface area contributed by atoms with Crippen molar-refractivity contribution < 1.29 is 5.11 Å². The van der Waals surface area contributed by atoms with Gasteiger partial charge in [0.25, 0.3) is 0 Å². The van der Waals surface area contributed by atoms with Gasteiger partial charge in [-0.2, -0.15) is 15.0 Å². The first kappa shape index (κ1) is 8.27. The van der Waals surface area contributed by atoms with Crippen molar-refractivity contribution in [1.29, 1.82) is 0 Å². The number of aromatic nitrogens is 5. The minimum Gasteiger partial charge on any atom is -0.380 e. The highest BCUT2D eigenvalue weighted by Gasteiger charge is 2.16. The topological polar surface area (TPSA) is 76.7 Å². The second-order valence-corrected chi connectivity index (χ2v) is 3.10. The van der Waals surface area contributed by atoms with Crippen molar-refractivity contribution >= 4 is 11.5 Å². The second-order valence-electron chi connectivity index (χ2n) is 2.49. The van der Waals surface area contributed by atoms with Crippen LogP contribution in [-0.4, -0.2) is 29.7 Å². The Labute approximate surface area is 78.0 Å². The van der Waals surface area contributed by atoms with Crippen LogP contribution in [0.15, 0.2) is 11.6 Å². The first-order valence-electron chi connectivity index (χ1n) is 3.58. The lowest BCUT2D eigenvalue weighted by atomic mass is 10.2. The first-order valence-corrected chi connectivity index (χ1v) is 4.42. The van der Waals surface area contributed by atoms with E-state index in [0.29, 0.717) is 11.4 Å². The molecule has 0 aromatic carbocycles. The maximum absolute atomic E-state index is 9.68. The SMILES string of the molecule is Cn1ncc(C(O)c2csnn2)n1. The summed E-state index contributed by atoms with van der Waals surface area (Å²) in [6.07, 6.45) is 0.678. The minimum absolute atomic E-state index is 0.482. The van der Waals surface area contributed by atoms with E-state index in [1.165, 1.54) is 22.5 Å². The molecule has 1 atom stereocenters. The summed E-state index contributed by atoms with van der Waals surface area (Å²) in [5.74, 6) is 0. The third kappa shape index (κ3) is 1.56. The summed E-state index contributed by atoms with van der Waals surface area (Å²) >= 11 is 1.19. The van der Waals surface area contributed by atoms with E-state index in [-0.39, 0.29) is 0 Å². The molecule has 7 heteroatoms. The highest BCUT2D eigenvalue weighted by Crippen LogP contribution is 2.17. The summed E-state index contributed by atoms with van der Waals surface area (Å²) in [6, 6.07) is 0. The summed E-state index contributed by atoms with van der Waals surface area (Å²) < 4.78 is 3.65. The standard InChI is InChI=1S/C6H7N5OS/c1-11-7-2-4(9-11)6(12)5-3-13-10-8-5/h2-3,6,12H,1H3. The molecule has 0 saturated carbocycles. The van der Waals surface area contributed by atoms with Gasteiger partial charge in [-0.15, -0.1) is 5.10 Å². The molecule has 0 fully saturated rings. The molecule has 0 spiro atoms. The van der Waals surface area contributed by atoms with Gasteiger partial charge in [0, 0.05) is 12.4 Å². The fraction of sp³-hybridized carbons (Fsp3) is 0.333. The van der Waals surface area contributed by atoms with Crippen LogP contribution in [0.5, 0.6) is 0 Å². The zero-order chi connectivity index (χ0) is 9.26. The number of hydrogen-bond donors (Lipinski definition) is 1. The molecule has 0 bridgehead atoms. The lowest BCUT2D eigenvalue weighted by molar-refractivity contribution is 0.209. The quantitative estimate of drug-likeness (QED) is 0.718. The molecule has 1 N–H and O–H groups in total. The highest BCUT2D eigenvalue weighted by molar-refractivity contribution is 7.03. The van der Waals surface area contributed by atoms with Crippen LogP contribution in [0.25, 0.3) is 0 Å². The monoisotopic (exact) mass is 197 g/mol. The Balaban J connectivity index is 2.28. The molecule has 68 valence electrons.